The SMILES string of the molecule is CC(NC(=O)c1cc(OC(F)(F)F)cc(S(C)(=O)=O)c1)c1nc2ccc(Cl)cc2nc1-c1ncccn1. The lowest BCUT2D eigenvalue weighted by Crippen LogP contribution is -2.28. The molecule has 14 heteroatoms. The molecule has 0 aliphatic rings. The third kappa shape index (κ3) is 6.30. The zero-order chi connectivity index (χ0) is 27.0. The standard InChI is InChI=1S/C23H17ClF3N5O4S/c1-12(30-22(33)13-8-15(36-23(25,26)27)11-16(9-13)37(2,34)35)19-20(21-28-6-3-7-29-21)32-18-10-14(24)4-5-17(18)31-19/h3-12H,1-2H3,(H,30,33). The Morgan fingerprint density at radius 2 is 1.76 bits per heavy atom. The number of nitrogens with one attached hydrogen (secondary N) is 1. The predicted molar refractivity (Wildman–Crippen MR) is 128 cm³/mol. The molecule has 0 fully saturated rings. The summed E-state index contributed by atoms with van der Waals surface area (Å²) in [6.07, 6.45) is -1.30. The first-order valence-corrected chi connectivity index (χ1v) is 12.7. The Hall–Kier alpha value is -3.84. The lowest BCUT2D eigenvalue weighted by molar-refractivity contribution is -0.274. The molecule has 4 rings (SSSR count). The molecule has 0 saturated heterocycles. The minimum atomic E-state index is -5.09. The van der Waals surface area contributed by atoms with E-state index in [0.717, 1.165) is 18.4 Å². The minimum absolute atomic E-state index is 0.216. The highest BCUT2D eigenvalue weighted by Crippen LogP contribution is 2.29. The number of nitrogens with zero attached hydrogens (tertiary/aromatic N) is 4. The topological polar surface area (TPSA) is 124 Å². The molecule has 0 aliphatic carbocycles. The van der Waals surface area contributed by atoms with Crippen molar-refractivity contribution < 1.29 is 31.1 Å². The number of carbonyl (C=O) groups is 1. The van der Waals surface area contributed by atoms with Gasteiger partial charge in [0.05, 0.1) is 27.7 Å². The number of fused-ring (bicyclic) bond motifs is 1. The van der Waals surface area contributed by atoms with Crippen LogP contribution in [0, 0.1) is 0 Å². The first kappa shape index (κ1) is 26.2. The molecule has 4 aromatic rings. The average Bonchev–Trinajstić information content (AvgIpc) is 2.81. The van der Waals surface area contributed by atoms with E-state index in [2.05, 4.69) is 30.0 Å². The number of amides is 1. The molecule has 1 amide bonds. The second kappa shape index (κ2) is 9.90. The lowest BCUT2D eigenvalue weighted by atomic mass is 10.1. The van der Waals surface area contributed by atoms with Crippen LogP contribution < -0.4 is 10.1 Å². The van der Waals surface area contributed by atoms with Gasteiger partial charge in [-0.2, -0.15) is 0 Å². The van der Waals surface area contributed by atoms with Crippen molar-refractivity contribution in [1.82, 2.24) is 25.3 Å². The van der Waals surface area contributed by atoms with E-state index in [1.54, 1.807) is 31.2 Å². The van der Waals surface area contributed by atoms with Gasteiger partial charge >= 0.3 is 6.36 Å². The molecule has 0 saturated carbocycles. The molecule has 1 unspecified atom stereocenters. The first-order chi connectivity index (χ1) is 17.3. The zero-order valence-corrected chi connectivity index (χ0v) is 20.7. The number of ether oxygens (including phenoxy) is 1. The van der Waals surface area contributed by atoms with E-state index >= 15 is 0 Å². The summed E-state index contributed by atoms with van der Waals surface area (Å²) in [5.41, 5.74) is 1.05. The minimum Gasteiger partial charge on any atom is -0.406 e. The molecule has 9 nitrogen and oxygen atoms in total. The summed E-state index contributed by atoms with van der Waals surface area (Å²) in [5.74, 6) is -1.51. The molecule has 2 aromatic carbocycles. The van der Waals surface area contributed by atoms with Crippen LogP contribution in [-0.4, -0.2) is 46.9 Å². The van der Waals surface area contributed by atoms with Gasteiger partial charge in [0, 0.05) is 29.2 Å². The van der Waals surface area contributed by atoms with Crippen molar-refractivity contribution in [2.75, 3.05) is 6.26 Å². The Morgan fingerprint density at radius 1 is 1.05 bits per heavy atom. The molecule has 1 atom stereocenters. The van der Waals surface area contributed by atoms with Crippen LogP contribution in [-0.2, 0) is 9.84 Å². The maximum atomic E-state index is 13.0. The van der Waals surface area contributed by atoms with Crippen LogP contribution >= 0.6 is 11.6 Å². The third-order valence-electron chi connectivity index (χ3n) is 4.99. The fourth-order valence-corrected chi connectivity index (χ4v) is 4.22. The maximum absolute atomic E-state index is 13.0. The molecule has 192 valence electrons. The smallest absolute Gasteiger partial charge is 0.406 e. The Bertz CT molecular complexity index is 1600. The highest BCUT2D eigenvalue weighted by molar-refractivity contribution is 7.90. The fourth-order valence-electron chi connectivity index (χ4n) is 3.39. The van der Waals surface area contributed by atoms with E-state index in [0.29, 0.717) is 22.1 Å². The lowest BCUT2D eigenvalue weighted by Gasteiger charge is -2.18. The van der Waals surface area contributed by atoms with Crippen molar-refractivity contribution in [3.63, 3.8) is 0 Å². The molecular weight excluding hydrogens is 535 g/mol. The monoisotopic (exact) mass is 551 g/mol. The average molecular weight is 552 g/mol. The molecule has 2 aromatic heterocycles. The summed E-state index contributed by atoms with van der Waals surface area (Å²) >= 11 is 6.07. The number of hydrogen-bond donors (Lipinski definition) is 1. The van der Waals surface area contributed by atoms with E-state index in [-0.39, 0.29) is 22.8 Å². The number of carbonyl (C=O) groups excluding carboxylic acids is 1. The molecule has 37 heavy (non-hydrogen) atoms. The summed E-state index contributed by atoms with van der Waals surface area (Å²) in [7, 11) is -3.97. The van der Waals surface area contributed by atoms with Gasteiger partial charge in [-0.25, -0.2) is 28.4 Å². The highest BCUT2D eigenvalue weighted by Gasteiger charge is 2.32. The van der Waals surface area contributed by atoms with Gasteiger partial charge in [0.2, 0.25) is 0 Å². The Balaban J connectivity index is 1.74. The zero-order valence-electron chi connectivity index (χ0n) is 19.1. The van der Waals surface area contributed by atoms with Crippen LogP contribution in [0.15, 0.2) is 59.8 Å². The molecule has 2 heterocycles. The van der Waals surface area contributed by atoms with Crippen LogP contribution in [0.25, 0.3) is 22.6 Å². The Kier molecular flexibility index (Phi) is 7.02. The highest BCUT2D eigenvalue weighted by atomic mass is 35.5. The third-order valence-corrected chi connectivity index (χ3v) is 6.32. The van der Waals surface area contributed by atoms with Crippen molar-refractivity contribution >= 4 is 38.4 Å². The van der Waals surface area contributed by atoms with Crippen LogP contribution in [0.1, 0.15) is 29.0 Å². The number of hydrogen-bond acceptors (Lipinski definition) is 8. The van der Waals surface area contributed by atoms with E-state index in [1.165, 1.54) is 12.4 Å². The first-order valence-electron chi connectivity index (χ1n) is 10.5. The van der Waals surface area contributed by atoms with Crippen LogP contribution in [0.4, 0.5) is 13.2 Å². The molecule has 0 radical (unpaired) electrons. The van der Waals surface area contributed by atoms with Gasteiger partial charge in [0.15, 0.2) is 15.7 Å². The summed E-state index contributed by atoms with van der Waals surface area (Å²) in [6, 6.07) is 8.03. The fraction of sp³-hybridized carbons (Fsp3) is 0.174. The van der Waals surface area contributed by atoms with Gasteiger partial charge < -0.3 is 10.1 Å². The number of benzene rings is 2. The largest absolute Gasteiger partial charge is 0.573 e. The number of halogens is 4. The number of alkyl halides is 3. The van der Waals surface area contributed by atoms with E-state index in [1.807, 2.05) is 0 Å². The number of rotatable bonds is 6. The molecule has 1 N–H and O–H groups in total. The van der Waals surface area contributed by atoms with Gasteiger partial charge in [-0.1, -0.05) is 11.6 Å². The van der Waals surface area contributed by atoms with Gasteiger partial charge in [-0.15, -0.1) is 13.2 Å². The van der Waals surface area contributed by atoms with Crippen LogP contribution in [0.3, 0.4) is 0 Å². The molecule has 0 bridgehead atoms. The van der Waals surface area contributed by atoms with Crippen molar-refractivity contribution in [1.29, 1.82) is 0 Å². The normalized spacial score (nSPS) is 12.8. The van der Waals surface area contributed by atoms with E-state index < -0.39 is 38.8 Å². The second-order valence-electron chi connectivity index (χ2n) is 7.87. The van der Waals surface area contributed by atoms with Gasteiger partial charge in [0.1, 0.15) is 11.4 Å². The Morgan fingerprint density at radius 3 is 2.41 bits per heavy atom. The van der Waals surface area contributed by atoms with Crippen molar-refractivity contribution in [3.05, 3.63) is 71.1 Å². The predicted octanol–water partition coefficient (Wildman–Crippen LogP) is 4.53. The summed E-state index contributed by atoms with van der Waals surface area (Å²) < 4.78 is 66.2. The molecular formula is C23H17ClF3N5O4S. The van der Waals surface area contributed by atoms with Crippen LogP contribution in [0.2, 0.25) is 5.02 Å². The number of aromatic nitrogens is 4. The molecule has 0 spiro atoms. The second-order valence-corrected chi connectivity index (χ2v) is 10.3. The van der Waals surface area contributed by atoms with Gasteiger partial charge in [-0.05, 0) is 49.4 Å². The summed E-state index contributed by atoms with van der Waals surface area (Å²) in [6.45, 7) is 1.57. The maximum Gasteiger partial charge on any atom is 0.573 e. The van der Waals surface area contributed by atoms with E-state index in [9.17, 15) is 26.4 Å². The van der Waals surface area contributed by atoms with Crippen molar-refractivity contribution in [3.8, 4) is 17.3 Å². The van der Waals surface area contributed by atoms with Crippen LogP contribution in [0.5, 0.6) is 5.75 Å². The quantitative estimate of drug-likeness (QED) is 0.370. The number of sulfone groups is 1. The van der Waals surface area contributed by atoms with Crippen molar-refractivity contribution in [2.45, 2.75) is 24.2 Å². The Labute approximate surface area is 213 Å². The van der Waals surface area contributed by atoms with Crippen molar-refractivity contribution in [2.24, 2.45) is 0 Å². The summed E-state index contributed by atoms with van der Waals surface area (Å²) in [4.78, 5) is 30.0. The van der Waals surface area contributed by atoms with E-state index in [4.69, 9.17) is 11.6 Å². The van der Waals surface area contributed by atoms with Gasteiger partial charge in [0.25, 0.3) is 5.91 Å². The molecule has 0 aliphatic heterocycles. The summed E-state index contributed by atoms with van der Waals surface area (Å²) in [5, 5.41) is 3.04. The van der Waals surface area contributed by atoms with Gasteiger partial charge in [-0.3, -0.25) is 4.79 Å².